The predicted molar refractivity (Wildman–Crippen MR) is 64.9 cm³/mol. The lowest BCUT2D eigenvalue weighted by molar-refractivity contribution is -0.138. The smallest absolute Gasteiger partial charge is 0.226 e. The van der Waals surface area contributed by atoms with Gasteiger partial charge in [-0.2, -0.15) is 0 Å². The van der Waals surface area contributed by atoms with E-state index in [-0.39, 0.29) is 5.92 Å². The van der Waals surface area contributed by atoms with Crippen LogP contribution in [0.3, 0.4) is 0 Å². The average molecular weight is 224 g/mol. The molecule has 0 radical (unpaired) electrons. The van der Waals surface area contributed by atoms with Crippen LogP contribution in [0.2, 0.25) is 0 Å². The lowest BCUT2D eigenvalue weighted by atomic mass is 9.78. The lowest BCUT2D eigenvalue weighted by Crippen LogP contribution is -2.43. The minimum absolute atomic E-state index is 0.222. The van der Waals surface area contributed by atoms with E-state index in [0.717, 1.165) is 19.4 Å². The van der Waals surface area contributed by atoms with Gasteiger partial charge in [0.2, 0.25) is 5.91 Å². The minimum atomic E-state index is 0.222. The third-order valence-corrected chi connectivity index (χ3v) is 4.14. The van der Waals surface area contributed by atoms with Crippen LogP contribution in [0.5, 0.6) is 0 Å². The molecule has 2 rings (SSSR count). The summed E-state index contributed by atoms with van der Waals surface area (Å²) in [6.07, 6.45) is 7.08. The van der Waals surface area contributed by atoms with Crippen molar-refractivity contribution < 1.29 is 4.79 Å². The molecule has 16 heavy (non-hydrogen) atoms. The Morgan fingerprint density at radius 2 is 1.94 bits per heavy atom. The second kappa shape index (κ2) is 5.17. The molecule has 92 valence electrons. The van der Waals surface area contributed by atoms with E-state index >= 15 is 0 Å². The summed E-state index contributed by atoms with van der Waals surface area (Å²) in [6.45, 7) is 3.65. The fourth-order valence-electron chi connectivity index (χ4n) is 3.01. The van der Waals surface area contributed by atoms with Gasteiger partial charge in [-0.1, -0.05) is 12.8 Å². The molecule has 0 aromatic rings. The van der Waals surface area contributed by atoms with Gasteiger partial charge in [-0.25, -0.2) is 0 Å². The highest BCUT2D eigenvalue weighted by Gasteiger charge is 2.38. The Labute approximate surface area is 98.4 Å². The number of hydrogen-bond acceptors (Lipinski definition) is 2. The van der Waals surface area contributed by atoms with Gasteiger partial charge >= 0.3 is 0 Å². The average Bonchev–Trinajstić information content (AvgIpc) is 3.14. The summed E-state index contributed by atoms with van der Waals surface area (Å²) in [4.78, 5) is 14.5. The standard InChI is InChI=1S/C13H24N2O/c1-2-15(11-7-8-11)13(16)12-6-4-3-5-10(12)9-14/h10-12H,2-9,14H2,1H3. The fraction of sp³-hybridized carbons (Fsp3) is 0.923. The summed E-state index contributed by atoms with van der Waals surface area (Å²) >= 11 is 0. The molecule has 2 saturated carbocycles. The number of rotatable bonds is 4. The molecule has 0 saturated heterocycles. The molecule has 2 aliphatic rings. The van der Waals surface area contributed by atoms with Crippen LogP contribution >= 0.6 is 0 Å². The van der Waals surface area contributed by atoms with Crippen molar-refractivity contribution in [3.8, 4) is 0 Å². The highest BCUT2D eigenvalue weighted by molar-refractivity contribution is 5.80. The number of carbonyl (C=O) groups excluding carboxylic acids is 1. The zero-order valence-electron chi connectivity index (χ0n) is 10.3. The predicted octanol–water partition coefficient (Wildman–Crippen LogP) is 1.76. The molecule has 2 aliphatic carbocycles. The molecule has 0 bridgehead atoms. The van der Waals surface area contributed by atoms with Crippen LogP contribution in [0.25, 0.3) is 0 Å². The molecule has 0 aromatic heterocycles. The maximum atomic E-state index is 12.5. The number of nitrogens with zero attached hydrogens (tertiary/aromatic N) is 1. The quantitative estimate of drug-likeness (QED) is 0.791. The third kappa shape index (κ3) is 2.40. The van der Waals surface area contributed by atoms with E-state index < -0.39 is 0 Å². The van der Waals surface area contributed by atoms with Gasteiger partial charge in [0, 0.05) is 18.5 Å². The van der Waals surface area contributed by atoms with Crippen molar-refractivity contribution in [3.63, 3.8) is 0 Å². The third-order valence-electron chi connectivity index (χ3n) is 4.14. The van der Waals surface area contributed by atoms with Crippen LogP contribution in [-0.2, 0) is 4.79 Å². The summed E-state index contributed by atoms with van der Waals surface area (Å²) in [5, 5.41) is 0. The van der Waals surface area contributed by atoms with Crippen molar-refractivity contribution in [1.82, 2.24) is 4.90 Å². The number of carbonyl (C=O) groups is 1. The summed E-state index contributed by atoms with van der Waals surface area (Å²) in [6, 6.07) is 0.554. The fourth-order valence-corrected chi connectivity index (χ4v) is 3.01. The molecular formula is C13H24N2O. The van der Waals surface area contributed by atoms with Gasteiger partial charge in [-0.3, -0.25) is 4.79 Å². The van der Waals surface area contributed by atoms with Gasteiger partial charge in [-0.15, -0.1) is 0 Å². The van der Waals surface area contributed by atoms with Crippen molar-refractivity contribution in [3.05, 3.63) is 0 Å². The van der Waals surface area contributed by atoms with Crippen molar-refractivity contribution in [2.24, 2.45) is 17.6 Å². The maximum Gasteiger partial charge on any atom is 0.226 e. The van der Waals surface area contributed by atoms with Crippen molar-refractivity contribution in [1.29, 1.82) is 0 Å². The Kier molecular flexibility index (Phi) is 3.85. The summed E-state index contributed by atoms with van der Waals surface area (Å²) in [5.74, 6) is 1.05. The molecule has 2 fully saturated rings. The number of hydrogen-bond donors (Lipinski definition) is 1. The zero-order valence-corrected chi connectivity index (χ0v) is 10.3. The van der Waals surface area contributed by atoms with Gasteiger partial charge in [0.15, 0.2) is 0 Å². The molecule has 3 heteroatoms. The van der Waals surface area contributed by atoms with Gasteiger partial charge in [0.05, 0.1) is 0 Å². The summed E-state index contributed by atoms with van der Waals surface area (Å²) in [7, 11) is 0. The summed E-state index contributed by atoms with van der Waals surface area (Å²) in [5.41, 5.74) is 5.79. The molecule has 2 N–H and O–H groups in total. The van der Waals surface area contributed by atoms with Gasteiger partial charge in [0.25, 0.3) is 0 Å². The first-order chi connectivity index (χ1) is 7.77. The minimum Gasteiger partial charge on any atom is -0.340 e. The molecule has 2 unspecified atom stereocenters. The highest BCUT2D eigenvalue weighted by Crippen LogP contribution is 2.34. The maximum absolute atomic E-state index is 12.5. The van der Waals surface area contributed by atoms with Crippen LogP contribution < -0.4 is 5.73 Å². The monoisotopic (exact) mass is 224 g/mol. The molecule has 0 aliphatic heterocycles. The zero-order chi connectivity index (χ0) is 11.5. The van der Waals surface area contributed by atoms with Crippen molar-refractivity contribution in [2.75, 3.05) is 13.1 Å². The summed E-state index contributed by atoms with van der Waals surface area (Å²) < 4.78 is 0. The second-order valence-corrected chi connectivity index (χ2v) is 5.24. The lowest BCUT2D eigenvalue weighted by Gasteiger charge is -2.34. The van der Waals surface area contributed by atoms with E-state index in [1.54, 1.807) is 0 Å². The molecule has 1 amide bonds. The van der Waals surface area contributed by atoms with Crippen LogP contribution in [-0.4, -0.2) is 29.9 Å². The SMILES string of the molecule is CCN(C(=O)C1CCCCC1CN)C1CC1. The van der Waals surface area contributed by atoms with E-state index in [2.05, 4.69) is 11.8 Å². The largest absolute Gasteiger partial charge is 0.340 e. The Hall–Kier alpha value is -0.570. The van der Waals surface area contributed by atoms with Gasteiger partial charge in [-0.05, 0) is 45.1 Å². The molecule has 2 atom stereocenters. The normalized spacial score (nSPS) is 30.1. The first kappa shape index (κ1) is 11.9. The van der Waals surface area contributed by atoms with Crippen LogP contribution in [0, 0.1) is 11.8 Å². The Bertz CT molecular complexity index is 250. The first-order valence-corrected chi connectivity index (χ1v) is 6.78. The number of amides is 1. The van der Waals surface area contributed by atoms with Crippen molar-refractivity contribution in [2.45, 2.75) is 51.5 Å². The topological polar surface area (TPSA) is 46.3 Å². The van der Waals surface area contributed by atoms with E-state index in [4.69, 9.17) is 5.73 Å². The second-order valence-electron chi connectivity index (χ2n) is 5.24. The Morgan fingerprint density at radius 1 is 1.25 bits per heavy atom. The van der Waals surface area contributed by atoms with E-state index in [1.165, 1.54) is 25.7 Å². The van der Waals surface area contributed by atoms with Crippen LogP contribution in [0.15, 0.2) is 0 Å². The van der Waals surface area contributed by atoms with Gasteiger partial charge < -0.3 is 10.6 Å². The van der Waals surface area contributed by atoms with Crippen molar-refractivity contribution >= 4 is 5.91 Å². The van der Waals surface area contributed by atoms with E-state index in [9.17, 15) is 4.79 Å². The Morgan fingerprint density at radius 3 is 2.50 bits per heavy atom. The van der Waals surface area contributed by atoms with E-state index in [1.807, 2.05) is 0 Å². The molecule has 0 spiro atoms. The van der Waals surface area contributed by atoms with Crippen LogP contribution in [0.4, 0.5) is 0 Å². The molecule has 0 aromatic carbocycles. The number of nitrogens with two attached hydrogens (primary N) is 1. The van der Waals surface area contributed by atoms with Gasteiger partial charge in [0.1, 0.15) is 0 Å². The van der Waals surface area contributed by atoms with Crippen LogP contribution in [0.1, 0.15) is 45.4 Å². The molecule has 3 nitrogen and oxygen atoms in total. The molecule has 0 heterocycles. The molecular weight excluding hydrogens is 200 g/mol. The highest BCUT2D eigenvalue weighted by atomic mass is 16.2. The Balaban J connectivity index is 2.00. The van der Waals surface area contributed by atoms with E-state index in [0.29, 0.717) is 24.4 Å². The first-order valence-electron chi connectivity index (χ1n) is 6.78.